The number of esters is 4. The third-order valence-electron chi connectivity index (χ3n) is 21.8. The van der Waals surface area contributed by atoms with Gasteiger partial charge in [0, 0.05) is 25.7 Å². The molecule has 660 valence electrons. The molecular weight excluding hydrogens is 1440 g/mol. The second-order valence-electron chi connectivity index (χ2n) is 33.5. The van der Waals surface area contributed by atoms with Crippen molar-refractivity contribution in [3.8, 4) is 0 Å². The quantitative estimate of drug-likeness (QED) is 0.0222. The highest BCUT2D eigenvalue weighted by Gasteiger charge is 2.31. The molecule has 0 aromatic carbocycles. The van der Waals surface area contributed by atoms with E-state index in [1.807, 2.05) is 0 Å². The van der Waals surface area contributed by atoms with Crippen molar-refractivity contribution in [1.82, 2.24) is 0 Å². The summed E-state index contributed by atoms with van der Waals surface area (Å²) in [6, 6.07) is 0. The fourth-order valence-corrected chi connectivity index (χ4v) is 16.1. The van der Waals surface area contributed by atoms with Crippen molar-refractivity contribution in [3.63, 3.8) is 0 Å². The number of phosphoric acid groups is 2. The van der Waals surface area contributed by atoms with E-state index in [4.69, 9.17) is 37.0 Å². The minimum atomic E-state index is -4.97. The zero-order valence-electron chi connectivity index (χ0n) is 73.1. The first-order valence-corrected chi connectivity index (χ1v) is 50.6. The number of aliphatic hydroxyl groups is 1. The summed E-state index contributed by atoms with van der Waals surface area (Å²) in [6.45, 7) is 7.41. The summed E-state index contributed by atoms with van der Waals surface area (Å²) in [5.74, 6) is -1.29. The fourth-order valence-electron chi connectivity index (χ4n) is 14.5. The van der Waals surface area contributed by atoms with Gasteiger partial charge in [-0.05, 0) is 31.6 Å². The van der Waals surface area contributed by atoms with Gasteiger partial charge < -0.3 is 33.8 Å². The van der Waals surface area contributed by atoms with Gasteiger partial charge in [-0.1, -0.05) is 452 Å². The van der Waals surface area contributed by atoms with Crippen molar-refractivity contribution in [2.75, 3.05) is 39.6 Å². The lowest BCUT2D eigenvalue weighted by atomic mass is 10.0. The summed E-state index contributed by atoms with van der Waals surface area (Å²) in [5, 5.41) is 10.7. The smallest absolute Gasteiger partial charge is 0.462 e. The topological polar surface area (TPSA) is 237 Å². The molecule has 0 aromatic rings. The molecule has 0 bridgehead atoms. The number of aliphatic hydroxyl groups excluding tert-OH is 1. The van der Waals surface area contributed by atoms with Crippen molar-refractivity contribution in [3.05, 3.63) is 0 Å². The van der Waals surface area contributed by atoms with E-state index in [9.17, 15) is 43.2 Å². The summed E-state index contributed by atoms with van der Waals surface area (Å²) in [4.78, 5) is 73.4. The van der Waals surface area contributed by atoms with Crippen molar-refractivity contribution in [2.45, 2.75) is 522 Å². The Morgan fingerprint density at radius 2 is 0.414 bits per heavy atom. The first-order valence-electron chi connectivity index (χ1n) is 47.6. The van der Waals surface area contributed by atoms with Gasteiger partial charge in [-0.2, -0.15) is 0 Å². The monoisotopic (exact) mass is 1620 g/mol. The molecule has 0 aliphatic carbocycles. The minimum absolute atomic E-state index is 0.109. The molecule has 2 unspecified atom stereocenters. The number of carbonyl (C=O) groups excluding carboxylic acids is 4. The van der Waals surface area contributed by atoms with Crippen LogP contribution in [0.2, 0.25) is 0 Å². The van der Waals surface area contributed by atoms with Gasteiger partial charge in [-0.3, -0.25) is 37.3 Å². The van der Waals surface area contributed by atoms with E-state index in [1.165, 1.54) is 327 Å². The van der Waals surface area contributed by atoms with E-state index >= 15 is 0 Å². The number of rotatable bonds is 92. The van der Waals surface area contributed by atoms with Crippen LogP contribution < -0.4 is 0 Å². The van der Waals surface area contributed by atoms with E-state index in [0.717, 1.165) is 95.8 Å². The second kappa shape index (κ2) is 84.5. The lowest BCUT2D eigenvalue weighted by Crippen LogP contribution is -2.30. The number of hydrogen-bond acceptors (Lipinski definition) is 15. The third kappa shape index (κ3) is 85.8. The van der Waals surface area contributed by atoms with Gasteiger partial charge in [-0.15, -0.1) is 0 Å². The van der Waals surface area contributed by atoms with Gasteiger partial charge in [0.25, 0.3) is 0 Å². The van der Waals surface area contributed by atoms with Crippen LogP contribution in [0.25, 0.3) is 0 Å². The van der Waals surface area contributed by atoms with E-state index < -0.39 is 97.5 Å². The van der Waals surface area contributed by atoms with Crippen LogP contribution in [0.15, 0.2) is 0 Å². The van der Waals surface area contributed by atoms with Crippen molar-refractivity contribution >= 4 is 39.5 Å². The average molecular weight is 1620 g/mol. The Morgan fingerprint density at radius 3 is 0.613 bits per heavy atom. The molecule has 5 atom stereocenters. The molecule has 3 N–H and O–H groups in total. The van der Waals surface area contributed by atoms with E-state index in [0.29, 0.717) is 25.7 Å². The van der Waals surface area contributed by atoms with Gasteiger partial charge in [-0.25, -0.2) is 9.13 Å². The van der Waals surface area contributed by atoms with E-state index in [2.05, 4.69) is 34.6 Å². The Hall–Kier alpha value is -1.94. The highest BCUT2D eigenvalue weighted by molar-refractivity contribution is 7.47. The molecule has 111 heavy (non-hydrogen) atoms. The molecule has 17 nitrogen and oxygen atoms in total. The predicted molar refractivity (Wildman–Crippen MR) is 460 cm³/mol. The molecule has 0 fully saturated rings. The van der Waals surface area contributed by atoms with E-state index in [1.54, 1.807) is 0 Å². The van der Waals surface area contributed by atoms with Gasteiger partial charge >= 0.3 is 39.5 Å². The molecule has 0 saturated heterocycles. The SMILES string of the molecule is CCCCCCCCCCCCCCCCCCCCCCCCC(=O)O[C@H](COC(=O)CCCCCCCCCCCCCCCCCCCCCCC)COP(=O)(O)OC[C@@H](O)COP(=O)(O)OC[C@@H](COC(=O)CCCCCCCCCCC)OC(=O)CCCCCCCCCCCCCCCCCCC(C)C. The Labute approximate surface area is 683 Å². The summed E-state index contributed by atoms with van der Waals surface area (Å²) in [5.41, 5.74) is 0. The number of carbonyl (C=O) groups is 4. The third-order valence-corrected chi connectivity index (χ3v) is 23.7. The molecule has 0 spiro atoms. The van der Waals surface area contributed by atoms with Crippen LogP contribution >= 0.6 is 15.6 Å². The van der Waals surface area contributed by atoms with Crippen LogP contribution in [0.1, 0.15) is 503 Å². The minimum Gasteiger partial charge on any atom is -0.462 e. The molecule has 0 rings (SSSR count). The van der Waals surface area contributed by atoms with Crippen LogP contribution in [0.5, 0.6) is 0 Å². The first kappa shape index (κ1) is 109. The molecule has 19 heteroatoms. The van der Waals surface area contributed by atoms with E-state index in [-0.39, 0.29) is 25.7 Å². The molecule has 0 radical (unpaired) electrons. The Morgan fingerprint density at radius 1 is 0.243 bits per heavy atom. The zero-order valence-corrected chi connectivity index (χ0v) is 74.9. The Balaban J connectivity index is 5.18. The summed E-state index contributed by atoms with van der Waals surface area (Å²) in [7, 11) is -9.93. The lowest BCUT2D eigenvalue weighted by Gasteiger charge is -2.21. The van der Waals surface area contributed by atoms with Crippen LogP contribution in [0.3, 0.4) is 0 Å². The van der Waals surface area contributed by atoms with Crippen LogP contribution in [-0.4, -0.2) is 96.7 Å². The van der Waals surface area contributed by atoms with Gasteiger partial charge in [0.15, 0.2) is 12.2 Å². The number of unbranched alkanes of at least 4 members (excludes halogenated alkanes) is 64. The zero-order chi connectivity index (χ0) is 81.1. The summed E-state index contributed by atoms with van der Waals surface area (Å²) < 4.78 is 69.0. The Kier molecular flexibility index (Phi) is 83.0. The van der Waals surface area contributed by atoms with Gasteiger partial charge in [0.05, 0.1) is 26.4 Å². The molecule has 0 aliphatic heterocycles. The fraction of sp³-hybridized carbons (Fsp3) is 0.957. The van der Waals surface area contributed by atoms with Crippen molar-refractivity contribution < 1.29 is 80.2 Å². The molecule has 0 heterocycles. The predicted octanol–water partition coefficient (Wildman–Crippen LogP) is 28.7. The average Bonchev–Trinajstić information content (AvgIpc) is 0.900. The number of phosphoric ester groups is 2. The lowest BCUT2D eigenvalue weighted by molar-refractivity contribution is -0.161. The van der Waals surface area contributed by atoms with Gasteiger partial charge in [0.1, 0.15) is 19.3 Å². The van der Waals surface area contributed by atoms with Crippen molar-refractivity contribution in [1.29, 1.82) is 0 Å². The maximum absolute atomic E-state index is 13.2. The number of ether oxygens (including phenoxy) is 4. The summed E-state index contributed by atoms with van der Waals surface area (Å²) >= 11 is 0. The highest BCUT2D eigenvalue weighted by atomic mass is 31.2. The molecule has 0 aliphatic rings. The van der Waals surface area contributed by atoms with Crippen LogP contribution in [0.4, 0.5) is 0 Å². The maximum atomic E-state index is 13.2. The molecule has 0 amide bonds. The maximum Gasteiger partial charge on any atom is 0.472 e. The molecule has 0 saturated carbocycles. The highest BCUT2D eigenvalue weighted by Crippen LogP contribution is 2.45. The molecule has 0 aromatic heterocycles. The standard InChI is InChI=1S/C92H180O17P2/c1-6-9-12-15-18-21-23-25-27-29-31-33-35-37-39-44-48-52-57-62-67-72-78-92(97)109-88(82-103-90(95)76-71-66-61-56-51-47-43-38-36-34-32-30-28-26-24-22-19-16-13-10-7-2)84-107-111(100,101)105-80-86(93)79-104-110(98,99)106-83-87(81-102-89(94)75-70-65-60-54-20-17-14-11-8-3)108-91(96)77-73-68-63-58-53-49-45-41-40-42-46-50-55-59-64-69-74-85(4)5/h85-88,93H,6-84H2,1-5H3,(H,98,99)(H,100,101)/t86-,87+,88+/m0/s1. The second-order valence-corrected chi connectivity index (χ2v) is 36.4. The van der Waals surface area contributed by atoms with Gasteiger partial charge in [0.2, 0.25) is 0 Å². The largest absolute Gasteiger partial charge is 0.472 e. The van der Waals surface area contributed by atoms with Crippen LogP contribution in [0, 0.1) is 5.92 Å². The van der Waals surface area contributed by atoms with Crippen molar-refractivity contribution in [2.24, 2.45) is 5.92 Å². The number of hydrogen-bond donors (Lipinski definition) is 3. The summed E-state index contributed by atoms with van der Waals surface area (Å²) in [6.07, 6.45) is 80.8. The normalized spacial score (nSPS) is 13.7. The molecular formula is C92H180O17P2. The Bertz CT molecular complexity index is 2100. The first-order chi connectivity index (χ1) is 54.0. The van der Waals surface area contributed by atoms with Crippen LogP contribution in [-0.2, 0) is 65.4 Å².